The van der Waals surface area contributed by atoms with E-state index < -0.39 is 42.3 Å². The third kappa shape index (κ3) is 13.7. The number of halogens is 2. The summed E-state index contributed by atoms with van der Waals surface area (Å²) in [5.41, 5.74) is 4.51. The molecule has 1 rings (SSSR count). The third-order valence-corrected chi connectivity index (χ3v) is 1.64. The summed E-state index contributed by atoms with van der Waals surface area (Å²) in [5, 5.41) is 44.2. The first-order chi connectivity index (χ1) is 7.84. The van der Waals surface area contributed by atoms with Crippen LogP contribution in [0.15, 0.2) is 11.5 Å². The van der Waals surface area contributed by atoms with Gasteiger partial charge in [-0.15, -0.1) is 0 Å². The van der Waals surface area contributed by atoms with Crippen LogP contribution in [0.4, 0.5) is 0 Å². The third-order valence-electron chi connectivity index (χ3n) is 1.64. The summed E-state index contributed by atoms with van der Waals surface area (Å²) in [5.74, 6) is -4.00. The Morgan fingerprint density at radius 3 is 1.86 bits per heavy atom. The van der Waals surface area contributed by atoms with Crippen molar-refractivity contribution in [2.75, 3.05) is 13.2 Å². The van der Waals surface area contributed by atoms with Gasteiger partial charge >= 0.3 is 82.2 Å². The van der Waals surface area contributed by atoms with Gasteiger partial charge in [0.25, 0.3) is 0 Å². The van der Waals surface area contributed by atoms with Crippen molar-refractivity contribution >= 4 is 11.9 Å². The summed E-state index contributed by atoms with van der Waals surface area (Å²) < 4.78 is 4.32. The Morgan fingerprint density at radius 2 is 1.68 bits per heavy atom. The minimum Gasteiger partial charge on any atom is -1.00 e. The molecular formula is C8H12Cl2CuNNa2O8. The van der Waals surface area contributed by atoms with Crippen LogP contribution in [0.3, 0.4) is 0 Å². The van der Waals surface area contributed by atoms with Crippen molar-refractivity contribution in [3.8, 4) is 0 Å². The maximum atomic E-state index is 10.5. The molecule has 0 saturated heterocycles. The largest absolute Gasteiger partial charge is 1.00 e. The number of ether oxygens (including phenoxy) is 1. The van der Waals surface area contributed by atoms with E-state index in [1.807, 2.05) is 0 Å². The molecule has 0 aromatic heterocycles. The number of aliphatic hydroxyl groups is 4. The van der Waals surface area contributed by atoms with Crippen molar-refractivity contribution in [3.05, 3.63) is 11.5 Å². The van der Waals surface area contributed by atoms with Gasteiger partial charge < -0.3 is 65.6 Å². The first-order valence-corrected chi connectivity index (χ1v) is 4.37. The molecule has 9 nitrogen and oxygen atoms in total. The van der Waals surface area contributed by atoms with E-state index in [9.17, 15) is 4.79 Å². The van der Waals surface area contributed by atoms with E-state index in [0.717, 1.165) is 0 Å². The van der Waals surface area contributed by atoms with Gasteiger partial charge in [0.2, 0.25) is 5.76 Å². The van der Waals surface area contributed by atoms with E-state index in [0.29, 0.717) is 0 Å². The summed E-state index contributed by atoms with van der Waals surface area (Å²) in [6.45, 7) is -1.06. The molecule has 0 unspecified atom stereocenters. The van der Waals surface area contributed by atoms with Gasteiger partial charge in [0.1, 0.15) is 6.10 Å². The Morgan fingerprint density at radius 1 is 1.32 bits per heavy atom. The fourth-order valence-corrected chi connectivity index (χ4v) is 0.823. The molecule has 6 N–H and O–H groups in total. The molecule has 0 fully saturated rings. The number of carbonyl (C=O) groups excluding carboxylic acids is 2. The summed E-state index contributed by atoms with van der Waals surface area (Å²) >= 11 is 0. The van der Waals surface area contributed by atoms with Crippen molar-refractivity contribution in [2.45, 2.75) is 12.2 Å². The number of hydrogen-bond acceptors (Lipinski definition) is 9. The van der Waals surface area contributed by atoms with E-state index in [4.69, 9.17) is 30.3 Å². The number of esters is 1. The predicted molar refractivity (Wildman–Crippen MR) is 49.3 cm³/mol. The van der Waals surface area contributed by atoms with Gasteiger partial charge in [-0.2, -0.15) is 0 Å². The summed E-state index contributed by atoms with van der Waals surface area (Å²) in [7, 11) is 0. The van der Waals surface area contributed by atoms with Crippen LogP contribution < -0.4 is 94.8 Å². The van der Waals surface area contributed by atoms with Crippen LogP contribution >= 0.6 is 0 Å². The number of hydrogen-bond donors (Lipinski definition) is 5. The Kier molecular flexibility index (Phi) is 35.7. The van der Waals surface area contributed by atoms with Crippen molar-refractivity contribution in [2.24, 2.45) is 5.73 Å². The van der Waals surface area contributed by atoms with Gasteiger partial charge in [0.05, 0.1) is 12.6 Å². The van der Waals surface area contributed by atoms with Crippen molar-refractivity contribution in [1.82, 2.24) is 0 Å². The van der Waals surface area contributed by atoms with Gasteiger partial charge in [-0.1, -0.05) is 0 Å². The van der Waals surface area contributed by atoms with Gasteiger partial charge in [-0.3, -0.25) is 0 Å². The zero-order chi connectivity index (χ0) is 13.6. The molecule has 22 heavy (non-hydrogen) atoms. The standard InChI is InChI=1S/C6H8O6.C2H5NO2.2ClH.Cu.2Na/c7-1-2(8)5-3(9)4(10)6(11)12-5;3-1-2(4)5;;;;;/h2,5,7-10H,1H2;1,3H2,(H,4,5);2*1H;;;/q;;;;3*+1/p-3/t2-,5+;;;;;;/m0....../s1. The van der Waals surface area contributed by atoms with E-state index in [-0.39, 0.29) is 108 Å². The Labute approximate surface area is 193 Å². The van der Waals surface area contributed by atoms with Crippen molar-refractivity contribution in [3.63, 3.8) is 0 Å². The molecule has 0 spiro atoms. The molecule has 1 aliphatic rings. The maximum absolute atomic E-state index is 10.5. The molecule has 0 aromatic carbocycles. The van der Waals surface area contributed by atoms with Gasteiger partial charge in [0.15, 0.2) is 11.9 Å². The molecule has 124 valence electrons. The molecule has 0 saturated carbocycles. The van der Waals surface area contributed by atoms with E-state index in [1.54, 1.807) is 0 Å². The molecule has 0 amide bonds. The molecular weight excluding hydrogens is 419 g/mol. The van der Waals surface area contributed by atoms with Gasteiger partial charge in [-0.05, 0) is 0 Å². The monoisotopic (exact) mass is 429 g/mol. The van der Waals surface area contributed by atoms with Crippen LogP contribution in [-0.2, 0) is 31.4 Å². The van der Waals surface area contributed by atoms with Crippen LogP contribution in [0.25, 0.3) is 0 Å². The van der Waals surface area contributed by atoms with Gasteiger partial charge in [0, 0.05) is 6.54 Å². The fraction of sp³-hybridized carbons (Fsp3) is 0.500. The average molecular weight is 431 g/mol. The van der Waals surface area contributed by atoms with Crippen molar-refractivity contribution < 1.29 is 141 Å². The molecule has 1 heterocycles. The first kappa shape index (κ1) is 38.7. The van der Waals surface area contributed by atoms with Crippen LogP contribution in [0.5, 0.6) is 0 Å². The molecule has 0 bridgehead atoms. The smallest absolute Gasteiger partial charge is 1.00 e. The molecule has 0 aliphatic carbocycles. The minimum atomic E-state index is -1.42. The molecule has 14 heteroatoms. The second kappa shape index (κ2) is 20.3. The predicted octanol–water partition coefficient (Wildman–Crippen LogP) is -15.7. The van der Waals surface area contributed by atoms with Crippen LogP contribution in [-0.4, -0.2) is 57.7 Å². The Balaban J connectivity index is -0.0000000574. The molecule has 2 atom stereocenters. The SMILES string of the molecule is NCC(=O)[O-].O=C1O[C@H]([C@@H](O)CO)C(O)=C1O.[Cl-].[Cl-].[Cu+].[Na+].[Na+]. The van der Waals surface area contributed by atoms with E-state index in [2.05, 4.69) is 10.5 Å². The Bertz CT molecular complexity index is 350. The molecule has 0 aromatic rings. The number of carboxylic acids is 1. The average Bonchev–Trinajstić information content (AvgIpc) is 2.56. The summed E-state index contributed by atoms with van der Waals surface area (Å²) in [4.78, 5) is 19.7. The fourth-order valence-electron chi connectivity index (χ4n) is 0.823. The minimum absolute atomic E-state index is 0. The molecule has 0 radical (unpaired) electrons. The van der Waals surface area contributed by atoms with Gasteiger partial charge in [-0.25, -0.2) is 4.79 Å². The van der Waals surface area contributed by atoms with E-state index >= 15 is 0 Å². The number of aliphatic hydroxyl groups excluding tert-OH is 4. The second-order valence-electron chi connectivity index (χ2n) is 2.89. The topological polar surface area (TPSA) is 173 Å². The number of carboxylic acid groups (broad SMARTS) is 1. The number of rotatable bonds is 3. The normalized spacial score (nSPS) is 15.8. The zero-order valence-corrected chi connectivity index (χ0v) is 18.1. The summed E-state index contributed by atoms with van der Waals surface area (Å²) in [6, 6.07) is 0. The number of nitrogens with two attached hydrogens (primary N) is 1. The van der Waals surface area contributed by atoms with E-state index in [1.165, 1.54) is 0 Å². The maximum Gasteiger partial charge on any atom is 1.00 e. The number of carbonyl (C=O) groups is 2. The van der Waals surface area contributed by atoms with Crippen LogP contribution in [0, 0.1) is 0 Å². The summed E-state index contributed by atoms with van der Waals surface area (Å²) in [6.07, 6.45) is -2.78. The number of cyclic esters (lactones) is 1. The first-order valence-electron chi connectivity index (χ1n) is 4.37. The molecule has 1 aliphatic heterocycles. The van der Waals surface area contributed by atoms with Crippen molar-refractivity contribution in [1.29, 1.82) is 0 Å². The van der Waals surface area contributed by atoms with Crippen LogP contribution in [0.1, 0.15) is 0 Å². The number of aliphatic carboxylic acids is 1. The zero-order valence-electron chi connectivity index (χ0n) is 11.6. The van der Waals surface area contributed by atoms with Crippen LogP contribution in [0.2, 0.25) is 0 Å². The quantitative estimate of drug-likeness (QED) is 0.215. The second-order valence-corrected chi connectivity index (χ2v) is 2.89. The Hall–Kier alpha value is 1.26.